The molecule has 1 amide bonds. The molecule has 0 atom stereocenters. The van der Waals surface area contributed by atoms with Crippen molar-refractivity contribution in [3.63, 3.8) is 0 Å². The van der Waals surface area contributed by atoms with Crippen LogP contribution in [0.25, 0.3) is 0 Å². The number of para-hydroxylation sites is 1. The van der Waals surface area contributed by atoms with Gasteiger partial charge in [0, 0.05) is 11.6 Å². The van der Waals surface area contributed by atoms with Gasteiger partial charge in [-0.15, -0.1) is 0 Å². The monoisotopic (exact) mass is 319 g/mol. The van der Waals surface area contributed by atoms with Crippen LogP contribution in [0.2, 0.25) is 0 Å². The highest BCUT2D eigenvalue weighted by Gasteiger charge is 2.11. The summed E-state index contributed by atoms with van der Waals surface area (Å²) in [5.41, 5.74) is 1.13. The Bertz CT molecular complexity index is 817. The Hall–Kier alpha value is -3.27. The van der Waals surface area contributed by atoms with Gasteiger partial charge in [0.1, 0.15) is 17.2 Å². The highest BCUT2D eigenvalue weighted by molar-refractivity contribution is 6.05. The summed E-state index contributed by atoms with van der Waals surface area (Å²) in [6.45, 7) is 0. The van der Waals surface area contributed by atoms with E-state index in [1.54, 1.807) is 37.4 Å². The van der Waals surface area contributed by atoms with E-state index < -0.39 is 0 Å². The lowest BCUT2D eigenvalue weighted by Gasteiger charge is -2.13. The average Bonchev–Trinajstić information content (AvgIpc) is 2.63. The molecular weight excluding hydrogens is 302 g/mol. The fourth-order valence-electron chi connectivity index (χ4n) is 2.26. The van der Waals surface area contributed by atoms with Crippen LogP contribution in [0, 0.1) is 0 Å². The molecule has 0 fully saturated rings. The number of ether oxygens (including phenoxy) is 2. The SMILES string of the molecule is COc1ccc(Oc2ccccc2)cc1NC(=O)c1ccccc1. The van der Waals surface area contributed by atoms with Gasteiger partial charge in [0.15, 0.2) is 0 Å². The molecule has 0 radical (unpaired) electrons. The standard InChI is InChI=1S/C20H17NO3/c1-23-19-13-12-17(24-16-10-6-3-7-11-16)14-18(19)21-20(22)15-8-4-2-5-9-15/h2-14H,1H3,(H,21,22). The van der Waals surface area contributed by atoms with Crippen molar-refractivity contribution in [2.75, 3.05) is 12.4 Å². The molecule has 0 saturated carbocycles. The highest BCUT2D eigenvalue weighted by Crippen LogP contribution is 2.31. The van der Waals surface area contributed by atoms with Gasteiger partial charge in [-0.25, -0.2) is 0 Å². The van der Waals surface area contributed by atoms with Gasteiger partial charge in [-0.1, -0.05) is 36.4 Å². The predicted octanol–water partition coefficient (Wildman–Crippen LogP) is 4.74. The van der Waals surface area contributed by atoms with Crippen LogP contribution in [0.15, 0.2) is 78.9 Å². The van der Waals surface area contributed by atoms with Crippen LogP contribution in [-0.2, 0) is 0 Å². The van der Waals surface area contributed by atoms with E-state index in [0.717, 1.165) is 5.75 Å². The zero-order chi connectivity index (χ0) is 16.8. The van der Waals surface area contributed by atoms with Gasteiger partial charge in [0.25, 0.3) is 5.91 Å². The van der Waals surface area contributed by atoms with Gasteiger partial charge >= 0.3 is 0 Å². The fraction of sp³-hybridized carbons (Fsp3) is 0.0500. The molecule has 0 aliphatic heterocycles. The Morgan fingerprint density at radius 2 is 1.50 bits per heavy atom. The van der Waals surface area contributed by atoms with Crippen molar-refractivity contribution in [1.82, 2.24) is 0 Å². The maximum absolute atomic E-state index is 12.3. The first kappa shape index (κ1) is 15.6. The van der Waals surface area contributed by atoms with Crippen LogP contribution in [0.4, 0.5) is 5.69 Å². The summed E-state index contributed by atoms with van der Waals surface area (Å²) in [4.78, 5) is 12.3. The van der Waals surface area contributed by atoms with Gasteiger partial charge in [-0.2, -0.15) is 0 Å². The zero-order valence-corrected chi connectivity index (χ0v) is 13.2. The van der Waals surface area contributed by atoms with E-state index >= 15 is 0 Å². The minimum absolute atomic E-state index is 0.203. The van der Waals surface area contributed by atoms with E-state index in [1.165, 1.54) is 0 Å². The van der Waals surface area contributed by atoms with E-state index in [4.69, 9.17) is 9.47 Å². The Morgan fingerprint density at radius 1 is 0.833 bits per heavy atom. The fourth-order valence-corrected chi connectivity index (χ4v) is 2.26. The second kappa shape index (κ2) is 7.33. The summed E-state index contributed by atoms with van der Waals surface area (Å²) in [7, 11) is 1.56. The van der Waals surface area contributed by atoms with Crippen molar-refractivity contribution in [3.05, 3.63) is 84.4 Å². The average molecular weight is 319 g/mol. The summed E-state index contributed by atoms with van der Waals surface area (Å²) in [6.07, 6.45) is 0. The summed E-state index contributed by atoms with van der Waals surface area (Å²) in [5.74, 6) is 1.71. The number of hydrogen-bond donors (Lipinski definition) is 1. The van der Waals surface area contributed by atoms with Crippen LogP contribution in [-0.4, -0.2) is 13.0 Å². The Kier molecular flexibility index (Phi) is 4.77. The largest absolute Gasteiger partial charge is 0.495 e. The summed E-state index contributed by atoms with van der Waals surface area (Å²) in [5, 5.41) is 2.86. The van der Waals surface area contributed by atoms with Crippen LogP contribution in [0.1, 0.15) is 10.4 Å². The normalized spacial score (nSPS) is 10.0. The summed E-state index contributed by atoms with van der Waals surface area (Å²) >= 11 is 0. The van der Waals surface area contributed by atoms with Gasteiger partial charge in [0.2, 0.25) is 0 Å². The molecular formula is C20H17NO3. The smallest absolute Gasteiger partial charge is 0.255 e. The third-order valence-electron chi connectivity index (χ3n) is 3.43. The number of rotatable bonds is 5. The number of hydrogen-bond acceptors (Lipinski definition) is 3. The van der Waals surface area contributed by atoms with Crippen LogP contribution < -0.4 is 14.8 Å². The lowest BCUT2D eigenvalue weighted by atomic mass is 10.2. The van der Waals surface area contributed by atoms with Crippen molar-refractivity contribution in [3.8, 4) is 17.2 Å². The van der Waals surface area contributed by atoms with Crippen LogP contribution >= 0.6 is 0 Å². The van der Waals surface area contributed by atoms with Crippen molar-refractivity contribution in [1.29, 1.82) is 0 Å². The van der Waals surface area contributed by atoms with Crippen molar-refractivity contribution >= 4 is 11.6 Å². The van der Waals surface area contributed by atoms with E-state index in [0.29, 0.717) is 22.7 Å². The number of nitrogens with one attached hydrogen (secondary N) is 1. The minimum atomic E-state index is -0.203. The van der Waals surface area contributed by atoms with Gasteiger partial charge < -0.3 is 14.8 Å². The third-order valence-corrected chi connectivity index (χ3v) is 3.43. The zero-order valence-electron chi connectivity index (χ0n) is 13.2. The molecule has 24 heavy (non-hydrogen) atoms. The Balaban J connectivity index is 1.83. The topological polar surface area (TPSA) is 47.6 Å². The van der Waals surface area contributed by atoms with E-state index in [-0.39, 0.29) is 5.91 Å². The minimum Gasteiger partial charge on any atom is -0.495 e. The number of benzene rings is 3. The van der Waals surface area contributed by atoms with E-state index in [1.807, 2.05) is 48.5 Å². The van der Waals surface area contributed by atoms with Gasteiger partial charge in [-0.05, 0) is 36.4 Å². The Morgan fingerprint density at radius 3 is 2.17 bits per heavy atom. The van der Waals surface area contributed by atoms with E-state index in [2.05, 4.69) is 5.32 Å². The number of carbonyl (C=O) groups excluding carboxylic acids is 1. The van der Waals surface area contributed by atoms with E-state index in [9.17, 15) is 4.79 Å². The molecule has 0 saturated heterocycles. The quantitative estimate of drug-likeness (QED) is 0.739. The molecule has 4 nitrogen and oxygen atoms in total. The summed E-state index contributed by atoms with van der Waals surface area (Å²) < 4.78 is 11.1. The van der Waals surface area contributed by atoms with Crippen LogP contribution in [0.5, 0.6) is 17.2 Å². The van der Waals surface area contributed by atoms with Crippen LogP contribution in [0.3, 0.4) is 0 Å². The number of carbonyl (C=O) groups is 1. The molecule has 3 aromatic carbocycles. The first-order valence-corrected chi connectivity index (χ1v) is 7.53. The molecule has 0 aromatic heterocycles. The molecule has 0 spiro atoms. The first-order chi connectivity index (χ1) is 11.8. The maximum atomic E-state index is 12.3. The molecule has 3 aromatic rings. The Labute approximate surface area is 140 Å². The first-order valence-electron chi connectivity index (χ1n) is 7.53. The van der Waals surface area contributed by atoms with Crippen molar-refractivity contribution in [2.24, 2.45) is 0 Å². The lowest BCUT2D eigenvalue weighted by molar-refractivity contribution is 0.102. The number of anilines is 1. The summed E-state index contributed by atoms with van der Waals surface area (Å²) in [6, 6.07) is 23.8. The van der Waals surface area contributed by atoms with Crippen molar-refractivity contribution in [2.45, 2.75) is 0 Å². The molecule has 0 heterocycles. The maximum Gasteiger partial charge on any atom is 0.255 e. The molecule has 3 rings (SSSR count). The highest BCUT2D eigenvalue weighted by atomic mass is 16.5. The van der Waals surface area contributed by atoms with Gasteiger partial charge in [0.05, 0.1) is 12.8 Å². The predicted molar refractivity (Wildman–Crippen MR) is 93.9 cm³/mol. The van der Waals surface area contributed by atoms with Crippen molar-refractivity contribution < 1.29 is 14.3 Å². The number of methoxy groups -OCH3 is 1. The molecule has 0 bridgehead atoms. The molecule has 4 heteroatoms. The van der Waals surface area contributed by atoms with Gasteiger partial charge in [-0.3, -0.25) is 4.79 Å². The second-order valence-electron chi connectivity index (χ2n) is 5.10. The number of amides is 1. The molecule has 0 aliphatic rings. The molecule has 120 valence electrons. The third kappa shape index (κ3) is 3.73. The lowest BCUT2D eigenvalue weighted by Crippen LogP contribution is -2.12. The molecule has 0 aliphatic carbocycles. The second-order valence-corrected chi connectivity index (χ2v) is 5.10. The molecule has 0 unspecified atom stereocenters. The molecule has 1 N–H and O–H groups in total.